The van der Waals surface area contributed by atoms with Crippen LogP contribution in [0.4, 0.5) is 5.69 Å². The Morgan fingerprint density at radius 2 is 1.93 bits per heavy atom. The summed E-state index contributed by atoms with van der Waals surface area (Å²) in [6.07, 6.45) is 3.36. The van der Waals surface area contributed by atoms with E-state index in [4.69, 9.17) is 10.6 Å². The molecule has 1 aromatic carbocycles. The predicted molar refractivity (Wildman–Crippen MR) is 116 cm³/mol. The Morgan fingerprint density at radius 3 is 2.67 bits per heavy atom. The van der Waals surface area contributed by atoms with Crippen molar-refractivity contribution < 1.29 is 9.53 Å². The number of anilines is 1. The molecule has 2 N–H and O–H groups in total. The summed E-state index contributed by atoms with van der Waals surface area (Å²) >= 11 is 1.29. The number of hydrogen-bond donors (Lipinski definition) is 1. The van der Waals surface area contributed by atoms with E-state index in [1.54, 1.807) is 19.5 Å². The van der Waals surface area contributed by atoms with Crippen LogP contribution in [0.15, 0.2) is 53.9 Å². The summed E-state index contributed by atoms with van der Waals surface area (Å²) in [5.41, 5.74) is 1.83. The lowest BCUT2D eigenvalue weighted by Gasteiger charge is -2.36. The van der Waals surface area contributed by atoms with E-state index in [1.165, 1.54) is 16.4 Å². The highest BCUT2D eigenvalue weighted by atomic mass is 32.2. The average Bonchev–Trinajstić information content (AvgIpc) is 3.18. The smallest absolute Gasteiger partial charge is 0.233 e. The number of methoxy groups -OCH3 is 1. The fraction of sp³-hybridized carbons (Fsp3) is 0.300. The fourth-order valence-corrected chi connectivity index (χ4v) is 4.13. The van der Waals surface area contributed by atoms with Crippen LogP contribution in [0, 0.1) is 0 Å². The van der Waals surface area contributed by atoms with Crippen LogP contribution in [0.2, 0.25) is 0 Å². The van der Waals surface area contributed by atoms with Crippen molar-refractivity contribution in [1.82, 2.24) is 24.8 Å². The number of carbonyl (C=O) groups excluding carboxylic acids is 1. The van der Waals surface area contributed by atoms with E-state index in [-0.39, 0.29) is 11.7 Å². The summed E-state index contributed by atoms with van der Waals surface area (Å²) in [5.74, 6) is 7.80. The van der Waals surface area contributed by atoms with Crippen molar-refractivity contribution in [2.24, 2.45) is 0 Å². The molecule has 10 heteroatoms. The molecule has 0 radical (unpaired) electrons. The Bertz CT molecular complexity index is 1000. The van der Waals surface area contributed by atoms with Crippen LogP contribution in [0.5, 0.6) is 5.75 Å². The highest BCUT2D eigenvalue weighted by molar-refractivity contribution is 7.99. The Hall–Kier alpha value is -3.27. The molecule has 0 atom stereocenters. The Balaban J connectivity index is 1.32. The van der Waals surface area contributed by atoms with E-state index >= 15 is 0 Å². The van der Waals surface area contributed by atoms with Crippen molar-refractivity contribution in [3.05, 3.63) is 48.8 Å². The van der Waals surface area contributed by atoms with Gasteiger partial charge in [0.05, 0.1) is 18.6 Å². The summed E-state index contributed by atoms with van der Waals surface area (Å²) in [4.78, 5) is 20.9. The number of rotatable bonds is 6. The maximum absolute atomic E-state index is 12.7. The number of aromatic nitrogens is 4. The van der Waals surface area contributed by atoms with Gasteiger partial charge in [-0.1, -0.05) is 23.9 Å². The number of amides is 1. The zero-order valence-corrected chi connectivity index (χ0v) is 17.5. The van der Waals surface area contributed by atoms with Crippen LogP contribution in [-0.4, -0.2) is 69.7 Å². The number of piperazine rings is 1. The van der Waals surface area contributed by atoms with Gasteiger partial charge in [-0.05, 0) is 24.3 Å². The minimum absolute atomic E-state index is 0.0607. The first-order valence-corrected chi connectivity index (χ1v) is 10.6. The number of pyridine rings is 1. The van der Waals surface area contributed by atoms with Crippen molar-refractivity contribution in [3.63, 3.8) is 0 Å². The lowest BCUT2D eigenvalue weighted by atomic mass is 10.2. The zero-order valence-electron chi connectivity index (χ0n) is 16.6. The topological polar surface area (TPSA) is 102 Å². The molecular formula is C20H23N7O2S. The van der Waals surface area contributed by atoms with E-state index in [0.717, 1.165) is 30.1 Å². The summed E-state index contributed by atoms with van der Waals surface area (Å²) < 4.78 is 6.85. The lowest BCUT2D eigenvalue weighted by Crippen LogP contribution is -2.49. The summed E-state index contributed by atoms with van der Waals surface area (Å²) in [7, 11) is 1.67. The predicted octanol–water partition coefficient (Wildman–Crippen LogP) is 1.50. The molecule has 1 fully saturated rings. The summed E-state index contributed by atoms with van der Waals surface area (Å²) in [5, 5.41) is 8.73. The monoisotopic (exact) mass is 425 g/mol. The average molecular weight is 426 g/mol. The van der Waals surface area contributed by atoms with Crippen molar-refractivity contribution in [2.45, 2.75) is 5.16 Å². The summed E-state index contributed by atoms with van der Waals surface area (Å²) in [6, 6.07) is 11.6. The van der Waals surface area contributed by atoms with Gasteiger partial charge in [-0.15, -0.1) is 10.2 Å². The molecule has 156 valence electrons. The van der Waals surface area contributed by atoms with Crippen molar-refractivity contribution in [2.75, 3.05) is 49.8 Å². The molecule has 3 aromatic rings. The van der Waals surface area contributed by atoms with Crippen LogP contribution in [0.3, 0.4) is 0 Å². The zero-order chi connectivity index (χ0) is 20.9. The third-order valence-corrected chi connectivity index (χ3v) is 5.90. The number of nitrogens with two attached hydrogens (primary N) is 1. The second-order valence-electron chi connectivity index (χ2n) is 6.75. The first-order valence-electron chi connectivity index (χ1n) is 9.57. The van der Waals surface area contributed by atoms with Crippen LogP contribution < -0.4 is 15.5 Å². The highest BCUT2D eigenvalue weighted by Crippen LogP contribution is 2.28. The molecule has 2 aromatic heterocycles. The molecule has 0 unspecified atom stereocenters. The Morgan fingerprint density at radius 1 is 1.13 bits per heavy atom. The van der Waals surface area contributed by atoms with Gasteiger partial charge in [0, 0.05) is 44.1 Å². The maximum Gasteiger partial charge on any atom is 0.233 e. The first kappa shape index (κ1) is 20.0. The van der Waals surface area contributed by atoms with Gasteiger partial charge >= 0.3 is 0 Å². The second kappa shape index (κ2) is 9.04. The Labute approximate surface area is 178 Å². The molecule has 3 heterocycles. The van der Waals surface area contributed by atoms with E-state index in [0.29, 0.717) is 24.1 Å². The molecule has 0 bridgehead atoms. The van der Waals surface area contributed by atoms with Crippen LogP contribution in [0.1, 0.15) is 0 Å². The molecule has 1 aliphatic rings. The second-order valence-corrected chi connectivity index (χ2v) is 7.69. The minimum Gasteiger partial charge on any atom is -0.495 e. The standard InChI is InChI=1S/C20H23N7O2S/c1-29-17-7-3-2-6-16(17)25-9-11-26(12-10-25)18(28)14-30-20-24-23-19(27(20)21)15-5-4-8-22-13-15/h2-8,13H,9-12,14,21H2,1H3. The van der Waals surface area contributed by atoms with Gasteiger partial charge < -0.3 is 20.4 Å². The largest absolute Gasteiger partial charge is 0.495 e. The van der Waals surface area contributed by atoms with Gasteiger partial charge in [-0.3, -0.25) is 9.78 Å². The van der Waals surface area contributed by atoms with Crippen molar-refractivity contribution in [1.29, 1.82) is 0 Å². The van der Waals surface area contributed by atoms with Crippen LogP contribution in [0.25, 0.3) is 11.4 Å². The van der Waals surface area contributed by atoms with Gasteiger partial charge in [0.25, 0.3) is 0 Å². The molecule has 1 saturated heterocycles. The lowest BCUT2D eigenvalue weighted by molar-refractivity contribution is -0.128. The van der Waals surface area contributed by atoms with Crippen molar-refractivity contribution >= 4 is 23.4 Å². The number of nitrogen functional groups attached to an aromatic ring is 1. The van der Waals surface area contributed by atoms with Gasteiger partial charge in [-0.25, -0.2) is 4.68 Å². The number of nitrogens with zero attached hydrogens (tertiary/aromatic N) is 6. The normalized spacial score (nSPS) is 14.0. The van der Waals surface area contributed by atoms with E-state index in [1.807, 2.05) is 41.3 Å². The van der Waals surface area contributed by atoms with Gasteiger partial charge in [0.1, 0.15) is 5.75 Å². The molecule has 4 rings (SSSR count). The minimum atomic E-state index is 0.0607. The van der Waals surface area contributed by atoms with Crippen LogP contribution >= 0.6 is 11.8 Å². The number of para-hydroxylation sites is 2. The van der Waals surface area contributed by atoms with Crippen molar-refractivity contribution in [3.8, 4) is 17.1 Å². The molecule has 30 heavy (non-hydrogen) atoms. The third kappa shape index (κ3) is 4.18. The molecule has 0 saturated carbocycles. The van der Waals surface area contributed by atoms with E-state index in [9.17, 15) is 4.79 Å². The first-order chi connectivity index (χ1) is 14.7. The van der Waals surface area contributed by atoms with Gasteiger partial charge in [0.2, 0.25) is 11.1 Å². The Kier molecular flexibility index (Phi) is 6.03. The SMILES string of the molecule is COc1ccccc1N1CCN(C(=O)CSc2nnc(-c3cccnc3)n2N)CC1. The molecule has 9 nitrogen and oxygen atoms in total. The van der Waals surface area contributed by atoms with E-state index in [2.05, 4.69) is 20.1 Å². The molecule has 1 amide bonds. The molecular weight excluding hydrogens is 402 g/mol. The molecule has 0 spiro atoms. The van der Waals surface area contributed by atoms with E-state index < -0.39 is 0 Å². The number of carbonyl (C=O) groups is 1. The van der Waals surface area contributed by atoms with Gasteiger partial charge in [0.15, 0.2) is 5.82 Å². The quantitative estimate of drug-likeness (QED) is 0.468. The number of benzene rings is 1. The van der Waals surface area contributed by atoms with Gasteiger partial charge in [-0.2, -0.15) is 0 Å². The highest BCUT2D eigenvalue weighted by Gasteiger charge is 2.23. The number of hydrogen-bond acceptors (Lipinski definition) is 8. The summed E-state index contributed by atoms with van der Waals surface area (Å²) in [6.45, 7) is 2.84. The third-order valence-electron chi connectivity index (χ3n) is 4.97. The number of ether oxygens (including phenoxy) is 1. The molecule has 0 aliphatic carbocycles. The maximum atomic E-state index is 12.7. The fourth-order valence-electron chi connectivity index (χ4n) is 3.37. The van der Waals surface area contributed by atoms with Crippen LogP contribution in [-0.2, 0) is 4.79 Å². The number of thioether (sulfide) groups is 1. The molecule has 1 aliphatic heterocycles.